The number of hydrogen-bond donors (Lipinski definition) is 1. The molecule has 82 valence electrons. The second kappa shape index (κ2) is 4.84. The van der Waals surface area contributed by atoms with Gasteiger partial charge in [-0.1, -0.05) is 23.7 Å². The third kappa shape index (κ3) is 2.43. The van der Waals surface area contributed by atoms with E-state index < -0.39 is 0 Å². The lowest BCUT2D eigenvalue weighted by molar-refractivity contribution is 0.139. The maximum atomic E-state index is 9.15. The Balaban J connectivity index is 2.17. The van der Waals surface area contributed by atoms with E-state index in [2.05, 4.69) is 0 Å². The Bertz CT molecular complexity index is 335. The van der Waals surface area contributed by atoms with Gasteiger partial charge in [-0.25, -0.2) is 0 Å². The molecule has 1 aliphatic heterocycles. The Hall–Kier alpha value is -0.770. The second-order valence-electron chi connectivity index (χ2n) is 3.49. The van der Waals surface area contributed by atoms with Gasteiger partial charge in [0, 0.05) is 12.0 Å². The summed E-state index contributed by atoms with van der Waals surface area (Å²) in [5.41, 5.74) is 0.717. The Morgan fingerprint density at radius 1 is 1.53 bits per heavy atom. The number of benzene rings is 1. The van der Waals surface area contributed by atoms with Gasteiger partial charge in [0.05, 0.1) is 24.8 Å². The van der Waals surface area contributed by atoms with Gasteiger partial charge >= 0.3 is 0 Å². The van der Waals surface area contributed by atoms with Crippen LogP contribution in [0.25, 0.3) is 0 Å². The van der Waals surface area contributed by atoms with Gasteiger partial charge in [-0.15, -0.1) is 0 Å². The molecule has 0 saturated carbocycles. The van der Waals surface area contributed by atoms with Gasteiger partial charge in [-0.2, -0.15) is 0 Å². The monoisotopic (exact) mass is 228 g/mol. The molecular weight excluding hydrogens is 216 g/mol. The zero-order valence-corrected chi connectivity index (χ0v) is 9.04. The van der Waals surface area contributed by atoms with Crippen LogP contribution in [0.4, 0.5) is 0 Å². The lowest BCUT2D eigenvalue weighted by Gasteiger charge is -2.15. The van der Waals surface area contributed by atoms with Gasteiger partial charge in [0.15, 0.2) is 0 Å². The van der Waals surface area contributed by atoms with Crippen molar-refractivity contribution < 1.29 is 14.6 Å². The lowest BCUT2D eigenvalue weighted by atomic mass is 10.2. The molecule has 0 amide bonds. The number of para-hydroxylation sites is 1. The average Bonchev–Trinajstić information content (AvgIpc) is 2.74. The molecule has 3 nitrogen and oxygen atoms in total. The smallest absolute Gasteiger partial charge is 0.143 e. The summed E-state index contributed by atoms with van der Waals surface area (Å²) in [6.45, 7) is 1.25. The standard InChI is InChI=1S/C11H13ClO3/c12-10-3-1-2-8(6-13)11(10)15-9-4-5-14-7-9/h1-3,9,13H,4-7H2. The zero-order chi connectivity index (χ0) is 10.7. The van der Waals surface area contributed by atoms with E-state index in [0.717, 1.165) is 18.6 Å². The quantitative estimate of drug-likeness (QED) is 0.860. The highest BCUT2D eigenvalue weighted by molar-refractivity contribution is 6.32. The normalized spacial score (nSPS) is 20.5. The molecular formula is C11H13ClO3. The van der Waals surface area contributed by atoms with Gasteiger partial charge in [0.2, 0.25) is 0 Å². The van der Waals surface area contributed by atoms with E-state index in [4.69, 9.17) is 26.2 Å². The molecule has 1 unspecified atom stereocenters. The van der Waals surface area contributed by atoms with Gasteiger partial charge < -0.3 is 14.6 Å². The summed E-state index contributed by atoms with van der Waals surface area (Å²) < 4.78 is 10.9. The minimum absolute atomic E-state index is 0.0511. The number of rotatable bonds is 3. The van der Waals surface area contributed by atoms with Crippen LogP contribution < -0.4 is 4.74 Å². The SMILES string of the molecule is OCc1cccc(Cl)c1OC1CCOC1. The zero-order valence-electron chi connectivity index (χ0n) is 8.28. The highest BCUT2D eigenvalue weighted by Crippen LogP contribution is 2.30. The number of halogens is 1. The Kier molecular flexibility index (Phi) is 3.46. The van der Waals surface area contributed by atoms with Crippen molar-refractivity contribution in [3.8, 4) is 5.75 Å². The molecule has 1 atom stereocenters. The molecule has 4 heteroatoms. The van der Waals surface area contributed by atoms with E-state index in [0.29, 0.717) is 17.4 Å². The molecule has 2 rings (SSSR count). The predicted octanol–water partition coefficient (Wildman–Crippen LogP) is 2.00. The summed E-state index contributed by atoms with van der Waals surface area (Å²) in [4.78, 5) is 0. The summed E-state index contributed by atoms with van der Waals surface area (Å²) in [6.07, 6.45) is 0.922. The van der Waals surface area contributed by atoms with Crippen LogP contribution in [0, 0.1) is 0 Å². The third-order valence-corrected chi connectivity index (χ3v) is 2.69. The molecule has 1 N–H and O–H groups in total. The minimum Gasteiger partial charge on any atom is -0.486 e. The third-order valence-electron chi connectivity index (χ3n) is 2.39. The number of aliphatic hydroxyl groups excluding tert-OH is 1. The van der Waals surface area contributed by atoms with E-state index in [1.54, 1.807) is 18.2 Å². The lowest BCUT2D eigenvalue weighted by Crippen LogP contribution is -2.16. The number of ether oxygens (including phenoxy) is 2. The molecule has 0 radical (unpaired) electrons. The van der Waals surface area contributed by atoms with Gasteiger partial charge in [0.25, 0.3) is 0 Å². The number of hydrogen-bond acceptors (Lipinski definition) is 3. The van der Waals surface area contributed by atoms with Crippen molar-refractivity contribution in [3.63, 3.8) is 0 Å². The van der Waals surface area contributed by atoms with Gasteiger partial charge in [0.1, 0.15) is 11.9 Å². The molecule has 1 fully saturated rings. The van der Waals surface area contributed by atoms with Crippen molar-refractivity contribution in [2.75, 3.05) is 13.2 Å². The molecule has 1 aromatic carbocycles. The van der Waals surface area contributed by atoms with Gasteiger partial charge in [-0.3, -0.25) is 0 Å². The molecule has 0 spiro atoms. The first-order chi connectivity index (χ1) is 7.31. The summed E-state index contributed by atoms with van der Waals surface area (Å²) >= 11 is 6.01. The Labute approximate surface area is 93.6 Å². The van der Waals surface area contributed by atoms with Crippen LogP contribution in [-0.4, -0.2) is 24.4 Å². The van der Waals surface area contributed by atoms with E-state index in [9.17, 15) is 0 Å². The largest absolute Gasteiger partial charge is 0.486 e. The molecule has 1 aliphatic rings. The van der Waals surface area contributed by atoms with Gasteiger partial charge in [-0.05, 0) is 6.07 Å². The summed E-state index contributed by atoms with van der Waals surface area (Å²) in [6, 6.07) is 5.36. The maximum absolute atomic E-state index is 9.15. The predicted molar refractivity (Wildman–Crippen MR) is 57.2 cm³/mol. The Morgan fingerprint density at radius 2 is 2.40 bits per heavy atom. The molecule has 15 heavy (non-hydrogen) atoms. The summed E-state index contributed by atoms with van der Waals surface area (Å²) in [5.74, 6) is 0.581. The molecule has 1 aromatic rings. The van der Waals surface area contributed by atoms with Crippen LogP contribution in [0.1, 0.15) is 12.0 Å². The second-order valence-corrected chi connectivity index (χ2v) is 3.90. The first kappa shape index (κ1) is 10.7. The first-order valence-corrected chi connectivity index (χ1v) is 5.31. The Morgan fingerprint density at radius 3 is 3.07 bits per heavy atom. The minimum atomic E-state index is -0.0660. The highest BCUT2D eigenvalue weighted by atomic mass is 35.5. The van der Waals surface area contributed by atoms with Crippen LogP contribution in [0.5, 0.6) is 5.75 Å². The fourth-order valence-electron chi connectivity index (χ4n) is 1.58. The number of aliphatic hydroxyl groups is 1. The first-order valence-electron chi connectivity index (χ1n) is 4.94. The van der Waals surface area contributed by atoms with Crippen LogP contribution >= 0.6 is 11.6 Å². The van der Waals surface area contributed by atoms with Crippen molar-refractivity contribution in [1.29, 1.82) is 0 Å². The summed E-state index contributed by atoms with van der Waals surface area (Å²) in [7, 11) is 0. The van der Waals surface area contributed by atoms with E-state index >= 15 is 0 Å². The maximum Gasteiger partial charge on any atom is 0.143 e. The summed E-state index contributed by atoms with van der Waals surface area (Å²) in [5, 5.41) is 9.68. The van der Waals surface area contributed by atoms with Crippen molar-refractivity contribution >= 4 is 11.6 Å². The van der Waals surface area contributed by atoms with E-state index in [-0.39, 0.29) is 12.7 Å². The van der Waals surface area contributed by atoms with Crippen LogP contribution in [0.15, 0.2) is 18.2 Å². The van der Waals surface area contributed by atoms with E-state index in [1.165, 1.54) is 0 Å². The molecule has 1 saturated heterocycles. The average molecular weight is 229 g/mol. The fraction of sp³-hybridized carbons (Fsp3) is 0.455. The van der Waals surface area contributed by atoms with E-state index in [1.807, 2.05) is 0 Å². The molecule has 1 heterocycles. The highest BCUT2D eigenvalue weighted by Gasteiger charge is 2.19. The molecule has 0 aliphatic carbocycles. The van der Waals surface area contributed by atoms with Crippen molar-refractivity contribution in [3.05, 3.63) is 28.8 Å². The van der Waals surface area contributed by atoms with Crippen LogP contribution in [-0.2, 0) is 11.3 Å². The van der Waals surface area contributed by atoms with Crippen molar-refractivity contribution in [2.45, 2.75) is 19.1 Å². The van der Waals surface area contributed by atoms with Crippen LogP contribution in [0.3, 0.4) is 0 Å². The van der Waals surface area contributed by atoms with Crippen molar-refractivity contribution in [2.24, 2.45) is 0 Å². The van der Waals surface area contributed by atoms with Crippen LogP contribution in [0.2, 0.25) is 5.02 Å². The van der Waals surface area contributed by atoms with Crippen molar-refractivity contribution in [1.82, 2.24) is 0 Å². The topological polar surface area (TPSA) is 38.7 Å². The fourth-order valence-corrected chi connectivity index (χ4v) is 1.82. The molecule has 0 bridgehead atoms. The molecule has 0 aromatic heterocycles.